The maximum Gasteiger partial charge on any atom is 0.0900 e. The zero-order valence-corrected chi connectivity index (χ0v) is 25.9. The summed E-state index contributed by atoms with van der Waals surface area (Å²) < 4.78 is 0. The molecule has 0 spiro atoms. The standard InChI is InChI=1S/C43H30N4/c1-3-11-29-18-21-36-42(32-17-16-28-12-5-6-13-30(28)24-32)35-20-19-31(25-39(35)47-43(36)34(29)4-2)33-26-40(37-14-7-9-22-44-37)46-41(27-33)38-15-8-10-23-45-38/h3-27H,2H2,1H3/b11-3-. The second-order valence-corrected chi connectivity index (χ2v) is 11.5. The molecule has 4 heterocycles. The lowest BCUT2D eigenvalue weighted by Crippen LogP contribution is -1.95. The van der Waals surface area contributed by atoms with Crippen LogP contribution in [0.25, 0.3) is 89.8 Å². The minimum atomic E-state index is 0.789. The minimum Gasteiger partial charge on any atom is -0.255 e. The van der Waals surface area contributed by atoms with Crippen molar-refractivity contribution in [2.75, 3.05) is 0 Å². The fourth-order valence-electron chi connectivity index (χ4n) is 6.41. The van der Waals surface area contributed by atoms with E-state index in [-0.39, 0.29) is 0 Å². The highest BCUT2D eigenvalue weighted by Gasteiger charge is 2.17. The van der Waals surface area contributed by atoms with Crippen molar-refractivity contribution in [3.63, 3.8) is 0 Å². The Hall–Kier alpha value is -6.26. The van der Waals surface area contributed by atoms with Crippen LogP contribution in [-0.2, 0) is 0 Å². The number of rotatable bonds is 6. The van der Waals surface area contributed by atoms with E-state index < -0.39 is 0 Å². The summed E-state index contributed by atoms with van der Waals surface area (Å²) >= 11 is 0. The zero-order valence-electron chi connectivity index (χ0n) is 25.9. The molecule has 0 atom stereocenters. The van der Waals surface area contributed by atoms with E-state index in [1.54, 1.807) is 12.4 Å². The number of benzene rings is 4. The molecule has 0 saturated carbocycles. The first kappa shape index (κ1) is 28.2. The maximum atomic E-state index is 5.34. The van der Waals surface area contributed by atoms with Crippen LogP contribution in [-0.4, -0.2) is 19.9 Å². The van der Waals surface area contributed by atoms with Crippen molar-refractivity contribution in [3.8, 4) is 45.0 Å². The Bertz CT molecular complexity index is 2420. The molecule has 4 aromatic heterocycles. The van der Waals surface area contributed by atoms with Gasteiger partial charge < -0.3 is 0 Å². The van der Waals surface area contributed by atoms with E-state index in [1.807, 2.05) is 49.4 Å². The minimum absolute atomic E-state index is 0.789. The Labute approximate surface area is 273 Å². The number of allylic oxidation sites excluding steroid dienone is 1. The Morgan fingerprint density at radius 2 is 1.23 bits per heavy atom. The molecule has 0 radical (unpaired) electrons. The molecule has 4 heteroatoms. The summed E-state index contributed by atoms with van der Waals surface area (Å²) in [4.78, 5) is 19.5. The topological polar surface area (TPSA) is 51.6 Å². The van der Waals surface area contributed by atoms with Crippen LogP contribution < -0.4 is 0 Å². The largest absolute Gasteiger partial charge is 0.255 e. The molecule has 0 aliphatic heterocycles. The van der Waals surface area contributed by atoms with Gasteiger partial charge >= 0.3 is 0 Å². The Balaban J connectivity index is 1.40. The van der Waals surface area contributed by atoms with E-state index >= 15 is 0 Å². The molecule has 4 nitrogen and oxygen atoms in total. The van der Waals surface area contributed by atoms with E-state index in [4.69, 9.17) is 9.97 Å². The summed E-state index contributed by atoms with van der Waals surface area (Å²) in [6.45, 7) is 6.23. The highest BCUT2D eigenvalue weighted by atomic mass is 14.8. The molecule has 0 N–H and O–H groups in total. The lowest BCUT2D eigenvalue weighted by Gasteiger charge is -2.16. The first-order valence-corrected chi connectivity index (χ1v) is 15.7. The van der Waals surface area contributed by atoms with Crippen molar-refractivity contribution in [3.05, 3.63) is 158 Å². The van der Waals surface area contributed by atoms with E-state index in [0.717, 1.165) is 78.0 Å². The molecule has 0 fully saturated rings. The summed E-state index contributed by atoms with van der Waals surface area (Å²) in [6, 6.07) is 42.1. The fraction of sp³-hybridized carbons (Fsp3) is 0.0233. The van der Waals surface area contributed by atoms with Gasteiger partial charge in [-0.1, -0.05) is 97.6 Å². The Morgan fingerprint density at radius 1 is 0.553 bits per heavy atom. The SMILES string of the molecule is C=Cc1c(/C=C\C)ccc2c(-c3ccc4ccccc4c3)c3ccc(-c4cc(-c5ccccn5)nc(-c5ccccn5)c4)cc3nc12. The molecule has 0 aliphatic rings. The molecule has 222 valence electrons. The van der Waals surface area contributed by atoms with E-state index in [9.17, 15) is 0 Å². The van der Waals surface area contributed by atoms with Gasteiger partial charge in [0.2, 0.25) is 0 Å². The van der Waals surface area contributed by atoms with Crippen molar-refractivity contribution >= 4 is 44.7 Å². The van der Waals surface area contributed by atoms with Crippen molar-refractivity contribution in [2.24, 2.45) is 0 Å². The van der Waals surface area contributed by atoms with Gasteiger partial charge in [0, 0.05) is 34.3 Å². The summed E-state index contributed by atoms with van der Waals surface area (Å²) in [5.74, 6) is 0. The normalized spacial score (nSPS) is 11.5. The Morgan fingerprint density at radius 3 is 1.91 bits per heavy atom. The third-order valence-corrected chi connectivity index (χ3v) is 8.62. The van der Waals surface area contributed by atoms with Crippen molar-refractivity contribution < 1.29 is 0 Å². The predicted molar refractivity (Wildman–Crippen MR) is 197 cm³/mol. The van der Waals surface area contributed by atoms with Gasteiger partial charge in [-0.15, -0.1) is 0 Å². The van der Waals surface area contributed by atoms with Crippen LogP contribution in [0.4, 0.5) is 0 Å². The van der Waals surface area contributed by atoms with Gasteiger partial charge in [-0.3, -0.25) is 9.97 Å². The first-order valence-electron chi connectivity index (χ1n) is 15.7. The zero-order chi connectivity index (χ0) is 31.7. The third kappa shape index (κ3) is 5.16. The van der Waals surface area contributed by atoms with Crippen LogP contribution in [0, 0.1) is 0 Å². The number of aromatic nitrogens is 4. The molecule has 0 unspecified atom stereocenters. The van der Waals surface area contributed by atoms with E-state index in [0.29, 0.717) is 0 Å². The lowest BCUT2D eigenvalue weighted by atomic mass is 9.91. The average Bonchev–Trinajstić information content (AvgIpc) is 3.14. The van der Waals surface area contributed by atoms with E-state index in [1.165, 1.54) is 10.8 Å². The van der Waals surface area contributed by atoms with Gasteiger partial charge in [0.15, 0.2) is 0 Å². The van der Waals surface area contributed by atoms with Crippen molar-refractivity contribution in [1.82, 2.24) is 19.9 Å². The maximum absolute atomic E-state index is 5.34. The third-order valence-electron chi connectivity index (χ3n) is 8.62. The van der Waals surface area contributed by atoms with Crippen LogP contribution in [0.15, 0.2) is 146 Å². The van der Waals surface area contributed by atoms with Crippen LogP contribution in [0.5, 0.6) is 0 Å². The van der Waals surface area contributed by atoms with E-state index in [2.05, 4.69) is 114 Å². The van der Waals surface area contributed by atoms with Gasteiger partial charge in [-0.05, 0) is 88.5 Å². The average molecular weight is 603 g/mol. The smallest absolute Gasteiger partial charge is 0.0900 e. The molecular formula is C43H30N4. The second-order valence-electron chi connectivity index (χ2n) is 11.5. The first-order chi connectivity index (χ1) is 23.2. The number of hydrogen-bond donors (Lipinski definition) is 0. The van der Waals surface area contributed by atoms with Crippen LogP contribution in [0.1, 0.15) is 18.1 Å². The highest BCUT2D eigenvalue weighted by Crippen LogP contribution is 2.40. The van der Waals surface area contributed by atoms with Gasteiger partial charge in [0.25, 0.3) is 0 Å². The van der Waals surface area contributed by atoms with Crippen molar-refractivity contribution in [2.45, 2.75) is 6.92 Å². The number of fused-ring (bicyclic) bond motifs is 3. The molecule has 8 aromatic rings. The summed E-state index contributed by atoms with van der Waals surface area (Å²) in [7, 11) is 0. The van der Waals surface area contributed by atoms with Crippen LogP contribution in [0.3, 0.4) is 0 Å². The number of pyridine rings is 4. The fourth-order valence-corrected chi connectivity index (χ4v) is 6.41. The molecule has 0 bridgehead atoms. The number of hydrogen-bond acceptors (Lipinski definition) is 4. The quantitative estimate of drug-likeness (QED) is 0.178. The lowest BCUT2D eigenvalue weighted by molar-refractivity contribution is 1.22. The van der Waals surface area contributed by atoms with Gasteiger partial charge in [-0.25, -0.2) is 9.97 Å². The molecule has 0 aliphatic carbocycles. The number of nitrogens with zero attached hydrogens (tertiary/aromatic N) is 4. The summed E-state index contributed by atoms with van der Waals surface area (Å²) in [5.41, 5.74) is 11.5. The molecule has 4 aromatic carbocycles. The summed E-state index contributed by atoms with van der Waals surface area (Å²) in [5, 5.41) is 4.61. The van der Waals surface area contributed by atoms with Crippen LogP contribution >= 0.6 is 0 Å². The second kappa shape index (κ2) is 11.9. The van der Waals surface area contributed by atoms with Gasteiger partial charge in [0.05, 0.1) is 33.8 Å². The highest BCUT2D eigenvalue weighted by molar-refractivity contribution is 6.13. The Kier molecular flexibility index (Phi) is 7.16. The molecular weight excluding hydrogens is 573 g/mol. The monoisotopic (exact) mass is 602 g/mol. The molecule has 0 saturated heterocycles. The van der Waals surface area contributed by atoms with Crippen molar-refractivity contribution in [1.29, 1.82) is 0 Å². The van der Waals surface area contributed by atoms with Gasteiger partial charge in [0.1, 0.15) is 0 Å². The molecule has 8 rings (SSSR count). The summed E-state index contributed by atoms with van der Waals surface area (Å²) in [6.07, 6.45) is 9.68. The molecule has 0 amide bonds. The van der Waals surface area contributed by atoms with Gasteiger partial charge in [-0.2, -0.15) is 0 Å². The molecule has 47 heavy (non-hydrogen) atoms. The van der Waals surface area contributed by atoms with Crippen LogP contribution in [0.2, 0.25) is 0 Å². The predicted octanol–water partition coefficient (Wildman–Crippen LogP) is 11.1.